The van der Waals surface area contributed by atoms with Gasteiger partial charge in [-0.25, -0.2) is 0 Å². The van der Waals surface area contributed by atoms with Gasteiger partial charge in [-0.15, -0.1) is 0 Å². The number of amides is 1. The van der Waals surface area contributed by atoms with Crippen molar-refractivity contribution in [1.82, 2.24) is 4.57 Å². The van der Waals surface area contributed by atoms with E-state index >= 15 is 0 Å². The lowest BCUT2D eigenvalue weighted by atomic mass is 10.1. The number of aromatic nitrogens is 1. The lowest BCUT2D eigenvalue weighted by molar-refractivity contribution is -0.116. The fourth-order valence-electron chi connectivity index (χ4n) is 2.36. The van der Waals surface area contributed by atoms with Crippen LogP contribution in [-0.4, -0.2) is 17.1 Å². The Bertz CT molecular complexity index is 901. The number of nitrogens with zero attached hydrogens (tertiary/aromatic N) is 2. The molecule has 0 saturated carbocycles. The molecule has 0 spiro atoms. The van der Waals surface area contributed by atoms with Crippen molar-refractivity contribution in [3.05, 3.63) is 57.5 Å². The van der Waals surface area contributed by atoms with E-state index in [-0.39, 0.29) is 23.5 Å². The number of hydrogen-bond acceptors (Lipinski definition) is 4. The Hall–Kier alpha value is -3.21. The van der Waals surface area contributed by atoms with Crippen molar-refractivity contribution in [1.29, 1.82) is 5.26 Å². The molecule has 6 nitrogen and oxygen atoms in total. The second kappa shape index (κ2) is 7.57. The number of alkyl halides is 2. The summed E-state index contributed by atoms with van der Waals surface area (Å²) in [5, 5.41) is 11.5. The van der Waals surface area contributed by atoms with Crippen LogP contribution in [0.2, 0.25) is 0 Å². The van der Waals surface area contributed by atoms with E-state index in [9.17, 15) is 18.4 Å². The highest BCUT2D eigenvalue weighted by atomic mass is 19.3. The maximum Gasteiger partial charge on any atom is 0.387 e. The molecule has 1 N–H and O–H groups in total. The molecule has 2 aromatic rings. The number of para-hydroxylation sites is 2. The van der Waals surface area contributed by atoms with Crippen LogP contribution in [0, 0.1) is 25.2 Å². The zero-order chi connectivity index (χ0) is 18.6. The van der Waals surface area contributed by atoms with Crippen molar-refractivity contribution >= 4 is 11.6 Å². The summed E-state index contributed by atoms with van der Waals surface area (Å²) in [4.78, 5) is 24.5. The van der Waals surface area contributed by atoms with E-state index in [1.165, 1.54) is 18.2 Å². The third-order valence-corrected chi connectivity index (χ3v) is 3.50. The summed E-state index contributed by atoms with van der Waals surface area (Å²) in [5.74, 6) is -0.792. The van der Waals surface area contributed by atoms with E-state index < -0.39 is 18.1 Å². The third kappa shape index (κ3) is 4.20. The number of nitrogens with one attached hydrogen (secondary N) is 1. The molecule has 0 aliphatic carbocycles. The van der Waals surface area contributed by atoms with Crippen molar-refractivity contribution in [2.75, 3.05) is 5.32 Å². The van der Waals surface area contributed by atoms with E-state index in [2.05, 4.69) is 10.1 Å². The van der Waals surface area contributed by atoms with Crippen molar-refractivity contribution in [2.45, 2.75) is 27.0 Å². The molecular formula is C17H15F2N3O3. The summed E-state index contributed by atoms with van der Waals surface area (Å²) in [6, 6.07) is 9.17. The number of aryl methyl sites for hydroxylation is 2. The number of ether oxygens (including phenoxy) is 1. The molecule has 1 amide bonds. The normalized spacial score (nSPS) is 10.4. The minimum atomic E-state index is -3.03. The van der Waals surface area contributed by atoms with Gasteiger partial charge in [0.25, 0.3) is 5.56 Å². The van der Waals surface area contributed by atoms with Crippen LogP contribution in [-0.2, 0) is 11.3 Å². The van der Waals surface area contributed by atoms with Gasteiger partial charge in [-0.2, -0.15) is 14.0 Å². The number of anilines is 1. The molecular weight excluding hydrogens is 332 g/mol. The summed E-state index contributed by atoms with van der Waals surface area (Å²) in [6.45, 7) is -0.118. The number of carbonyl (C=O) groups excluding carboxylic acids is 1. The maximum atomic E-state index is 12.4. The van der Waals surface area contributed by atoms with Crippen molar-refractivity contribution in [3.63, 3.8) is 0 Å². The second-order valence-electron chi connectivity index (χ2n) is 5.27. The first kappa shape index (κ1) is 18.1. The molecule has 0 aliphatic heterocycles. The van der Waals surface area contributed by atoms with Gasteiger partial charge in [0.15, 0.2) is 0 Å². The highest BCUT2D eigenvalue weighted by molar-refractivity contribution is 5.92. The van der Waals surface area contributed by atoms with Crippen LogP contribution in [0.4, 0.5) is 14.5 Å². The third-order valence-electron chi connectivity index (χ3n) is 3.50. The molecule has 2 rings (SSSR count). The molecule has 0 saturated heterocycles. The Morgan fingerprint density at radius 3 is 2.68 bits per heavy atom. The largest absolute Gasteiger partial charge is 0.433 e. The molecule has 1 aromatic heterocycles. The topological polar surface area (TPSA) is 84.1 Å². The standard InChI is InChI=1S/C17H15F2N3O3/c1-10-7-11(2)22(16(24)12(10)8-20)9-15(23)21-13-5-3-4-6-14(13)25-17(18)19/h3-7,17H,9H2,1-2H3,(H,21,23). The molecule has 0 fully saturated rings. The summed E-state index contributed by atoms with van der Waals surface area (Å²) in [7, 11) is 0. The fraction of sp³-hybridized carbons (Fsp3) is 0.235. The molecule has 1 aromatic carbocycles. The van der Waals surface area contributed by atoms with Crippen LogP contribution < -0.4 is 15.6 Å². The zero-order valence-corrected chi connectivity index (χ0v) is 13.5. The number of rotatable bonds is 5. The zero-order valence-electron chi connectivity index (χ0n) is 13.5. The predicted octanol–water partition coefficient (Wildman–Crippen LogP) is 2.58. The fourth-order valence-corrected chi connectivity index (χ4v) is 2.36. The van der Waals surface area contributed by atoms with Gasteiger partial charge in [0.1, 0.15) is 23.9 Å². The van der Waals surface area contributed by atoms with Gasteiger partial charge in [-0.3, -0.25) is 9.59 Å². The van der Waals surface area contributed by atoms with E-state index in [0.717, 1.165) is 4.57 Å². The van der Waals surface area contributed by atoms with Gasteiger partial charge < -0.3 is 14.6 Å². The van der Waals surface area contributed by atoms with Gasteiger partial charge >= 0.3 is 6.61 Å². The Labute approximate surface area is 142 Å². The van der Waals surface area contributed by atoms with Crippen LogP contribution in [0.3, 0.4) is 0 Å². The van der Waals surface area contributed by atoms with Gasteiger partial charge in [-0.05, 0) is 37.6 Å². The van der Waals surface area contributed by atoms with Gasteiger partial charge in [0.2, 0.25) is 5.91 Å². The van der Waals surface area contributed by atoms with Gasteiger partial charge in [-0.1, -0.05) is 12.1 Å². The molecule has 0 bridgehead atoms. The summed E-state index contributed by atoms with van der Waals surface area (Å²) in [5.41, 5.74) is 0.476. The molecule has 1 heterocycles. The molecule has 0 radical (unpaired) electrons. The lowest BCUT2D eigenvalue weighted by Crippen LogP contribution is -2.31. The van der Waals surface area contributed by atoms with Crippen LogP contribution >= 0.6 is 0 Å². The monoisotopic (exact) mass is 347 g/mol. The number of halogens is 2. The lowest BCUT2D eigenvalue weighted by Gasteiger charge is -2.14. The van der Waals surface area contributed by atoms with E-state index in [4.69, 9.17) is 5.26 Å². The SMILES string of the molecule is Cc1cc(C)n(CC(=O)Nc2ccccc2OC(F)F)c(=O)c1C#N. The van der Waals surface area contributed by atoms with Crippen molar-refractivity contribution in [3.8, 4) is 11.8 Å². The molecule has 0 atom stereocenters. The number of hydrogen-bond donors (Lipinski definition) is 1. The quantitative estimate of drug-likeness (QED) is 0.901. The molecule has 0 aliphatic rings. The van der Waals surface area contributed by atoms with Crippen LogP contribution in [0.1, 0.15) is 16.8 Å². The Morgan fingerprint density at radius 2 is 2.04 bits per heavy atom. The van der Waals surface area contributed by atoms with Crippen molar-refractivity contribution < 1.29 is 18.3 Å². The number of benzene rings is 1. The molecule has 8 heteroatoms. The minimum absolute atomic E-state index is 0.0418. The predicted molar refractivity (Wildman–Crippen MR) is 86.6 cm³/mol. The van der Waals surface area contributed by atoms with Crippen LogP contribution in [0.5, 0.6) is 5.75 Å². The summed E-state index contributed by atoms with van der Waals surface area (Å²) < 4.78 is 30.3. The van der Waals surface area contributed by atoms with E-state index in [1.807, 2.05) is 6.07 Å². The van der Waals surface area contributed by atoms with Crippen LogP contribution in [0.15, 0.2) is 35.1 Å². The van der Waals surface area contributed by atoms with Gasteiger partial charge in [0.05, 0.1) is 5.69 Å². The summed E-state index contributed by atoms with van der Waals surface area (Å²) >= 11 is 0. The number of carbonyl (C=O) groups is 1. The Balaban J connectivity index is 2.26. The highest BCUT2D eigenvalue weighted by Gasteiger charge is 2.15. The Morgan fingerprint density at radius 1 is 1.36 bits per heavy atom. The minimum Gasteiger partial charge on any atom is -0.433 e. The number of pyridine rings is 1. The first-order valence-electron chi connectivity index (χ1n) is 7.28. The summed E-state index contributed by atoms with van der Waals surface area (Å²) in [6.07, 6.45) is 0. The average Bonchev–Trinajstić information content (AvgIpc) is 2.53. The molecule has 0 unspecified atom stereocenters. The van der Waals surface area contributed by atoms with E-state index in [1.54, 1.807) is 26.0 Å². The van der Waals surface area contributed by atoms with E-state index in [0.29, 0.717) is 11.3 Å². The Kier molecular flexibility index (Phi) is 5.49. The number of nitriles is 1. The molecule has 25 heavy (non-hydrogen) atoms. The first-order valence-corrected chi connectivity index (χ1v) is 7.28. The van der Waals surface area contributed by atoms with Crippen LogP contribution in [0.25, 0.3) is 0 Å². The second-order valence-corrected chi connectivity index (χ2v) is 5.27. The highest BCUT2D eigenvalue weighted by Crippen LogP contribution is 2.25. The maximum absolute atomic E-state index is 12.4. The average molecular weight is 347 g/mol. The smallest absolute Gasteiger partial charge is 0.387 e. The van der Waals surface area contributed by atoms with Crippen molar-refractivity contribution in [2.24, 2.45) is 0 Å². The first-order chi connectivity index (χ1) is 11.8. The van der Waals surface area contributed by atoms with Gasteiger partial charge in [0, 0.05) is 5.69 Å². The molecule has 130 valence electrons.